The Hall–Kier alpha value is -3.16. The Labute approximate surface area is 208 Å². The summed E-state index contributed by atoms with van der Waals surface area (Å²) in [4.78, 5) is 17.2. The van der Waals surface area contributed by atoms with Gasteiger partial charge in [-0.25, -0.2) is 0 Å². The van der Waals surface area contributed by atoms with Gasteiger partial charge >= 0.3 is 0 Å². The molecule has 1 heterocycles. The van der Waals surface area contributed by atoms with Crippen LogP contribution in [0.4, 0.5) is 0 Å². The number of hydrogen-bond donors (Lipinski definition) is 0. The molecule has 7 nitrogen and oxygen atoms in total. The Morgan fingerprint density at radius 2 is 1.47 bits per heavy atom. The second-order valence-corrected chi connectivity index (χ2v) is 7.92. The van der Waals surface area contributed by atoms with Crippen LogP contribution >= 0.6 is 23.2 Å². The molecule has 0 spiro atoms. The molecule has 9 heteroatoms. The lowest BCUT2D eigenvalue weighted by atomic mass is 10.0. The fourth-order valence-corrected chi connectivity index (χ4v) is 4.04. The first kappa shape index (κ1) is 25.5. The van der Waals surface area contributed by atoms with Crippen LogP contribution in [0.25, 0.3) is 0 Å². The molecule has 0 N–H and O–H groups in total. The first-order valence-corrected chi connectivity index (χ1v) is 11.1. The van der Waals surface area contributed by atoms with Crippen LogP contribution in [0.5, 0.6) is 28.7 Å². The number of hydrogen-bond acceptors (Lipinski definition) is 7. The minimum absolute atomic E-state index is 0.0320. The third-order valence-electron chi connectivity index (χ3n) is 5.19. The monoisotopic (exact) mass is 505 g/mol. The number of rotatable bonds is 11. The Balaban J connectivity index is 1.91. The van der Waals surface area contributed by atoms with E-state index in [2.05, 4.69) is 4.98 Å². The van der Waals surface area contributed by atoms with E-state index >= 15 is 0 Å². The lowest BCUT2D eigenvalue weighted by Gasteiger charge is -2.18. The normalized spacial score (nSPS) is 10.5. The number of benzene rings is 2. The Morgan fingerprint density at radius 3 is 2.09 bits per heavy atom. The van der Waals surface area contributed by atoms with Crippen molar-refractivity contribution in [1.82, 2.24) is 4.98 Å². The predicted molar refractivity (Wildman–Crippen MR) is 131 cm³/mol. The van der Waals surface area contributed by atoms with E-state index in [1.54, 1.807) is 26.4 Å². The van der Waals surface area contributed by atoms with E-state index in [0.29, 0.717) is 50.6 Å². The van der Waals surface area contributed by atoms with Gasteiger partial charge in [-0.15, -0.1) is 0 Å². The molecule has 0 aliphatic heterocycles. The molecule has 0 saturated carbocycles. The van der Waals surface area contributed by atoms with Gasteiger partial charge in [-0.1, -0.05) is 35.3 Å². The quantitative estimate of drug-likeness (QED) is 0.319. The van der Waals surface area contributed by atoms with Gasteiger partial charge in [0, 0.05) is 36.4 Å². The van der Waals surface area contributed by atoms with Gasteiger partial charge in [0.2, 0.25) is 5.75 Å². The maximum atomic E-state index is 13.3. The van der Waals surface area contributed by atoms with Crippen LogP contribution in [0, 0.1) is 0 Å². The van der Waals surface area contributed by atoms with Gasteiger partial charge in [-0.05, 0) is 18.2 Å². The van der Waals surface area contributed by atoms with Crippen LogP contribution in [0.15, 0.2) is 42.7 Å². The summed E-state index contributed by atoms with van der Waals surface area (Å²) >= 11 is 12.4. The highest BCUT2D eigenvalue weighted by atomic mass is 35.5. The number of para-hydroxylation sites is 1. The maximum absolute atomic E-state index is 13.3. The molecule has 0 amide bonds. The highest BCUT2D eigenvalue weighted by Crippen LogP contribution is 2.41. The second kappa shape index (κ2) is 11.8. The summed E-state index contributed by atoms with van der Waals surface area (Å²) in [5.41, 5.74) is 1.70. The minimum atomic E-state index is -0.245. The molecule has 0 saturated heterocycles. The van der Waals surface area contributed by atoms with Crippen molar-refractivity contribution in [3.05, 3.63) is 69.5 Å². The zero-order valence-corrected chi connectivity index (χ0v) is 20.8. The summed E-state index contributed by atoms with van der Waals surface area (Å²) in [6.45, 7) is 0.240. The molecule has 1 aromatic heterocycles. The van der Waals surface area contributed by atoms with E-state index in [1.165, 1.54) is 26.6 Å². The highest BCUT2D eigenvalue weighted by Gasteiger charge is 2.23. The van der Waals surface area contributed by atoms with E-state index in [9.17, 15) is 4.79 Å². The van der Waals surface area contributed by atoms with Crippen molar-refractivity contribution in [3.63, 3.8) is 0 Å². The number of methoxy groups -OCH3 is 4. The Bertz CT molecular complexity index is 1150. The van der Waals surface area contributed by atoms with E-state index in [-0.39, 0.29) is 24.6 Å². The Morgan fingerprint density at radius 1 is 0.824 bits per heavy atom. The van der Waals surface area contributed by atoms with Crippen molar-refractivity contribution < 1.29 is 28.5 Å². The van der Waals surface area contributed by atoms with Gasteiger partial charge in [0.25, 0.3) is 0 Å². The van der Waals surface area contributed by atoms with Crippen LogP contribution in [-0.4, -0.2) is 45.8 Å². The van der Waals surface area contributed by atoms with Gasteiger partial charge in [0.05, 0.1) is 50.7 Å². The molecule has 0 bridgehead atoms. The number of Topliss-reactive ketones (excluding diaryl/α,β-unsaturated/α-hetero) is 1. The van der Waals surface area contributed by atoms with Crippen molar-refractivity contribution in [2.45, 2.75) is 12.8 Å². The zero-order chi connectivity index (χ0) is 24.7. The van der Waals surface area contributed by atoms with Crippen LogP contribution in [-0.2, 0) is 12.8 Å². The smallest absolute Gasteiger partial charge is 0.204 e. The molecular weight excluding hydrogens is 481 g/mol. The summed E-state index contributed by atoms with van der Waals surface area (Å²) in [7, 11) is 6.17. The van der Waals surface area contributed by atoms with Gasteiger partial charge in [0.15, 0.2) is 28.8 Å². The van der Waals surface area contributed by atoms with Gasteiger partial charge in [-0.3, -0.25) is 9.78 Å². The SMILES string of the molecule is COc1cccc(CCOc2c(C(=O)Cc3c(Cl)cncc3Cl)ccc(OC)c2OC)c1OC. The van der Waals surface area contributed by atoms with Crippen molar-refractivity contribution in [2.24, 2.45) is 0 Å². The molecule has 3 aromatic rings. The molecule has 0 aliphatic rings. The fraction of sp³-hybridized carbons (Fsp3) is 0.280. The predicted octanol–water partition coefficient (Wildman–Crippen LogP) is 5.47. The first-order valence-electron chi connectivity index (χ1n) is 10.3. The standard InChI is InChI=1S/C25H25Cl2NO6/c1-30-21-7-5-6-15(23(21)32-3)10-11-34-24-16(8-9-22(31-2)25(24)33-4)20(29)12-17-18(26)13-28-14-19(17)27/h5-9,13-14H,10-12H2,1-4H3. The van der Waals surface area contributed by atoms with Crippen LogP contribution in [0.1, 0.15) is 21.5 Å². The number of carbonyl (C=O) groups is 1. The summed E-state index contributed by atoms with van der Waals surface area (Å²) in [5.74, 6) is 2.04. The fourth-order valence-electron chi connectivity index (χ4n) is 3.54. The number of nitrogens with zero attached hydrogens (tertiary/aromatic N) is 1. The van der Waals surface area contributed by atoms with Gasteiger partial charge < -0.3 is 23.7 Å². The van der Waals surface area contributed by atoms with E-state index in [1.807, 2.05) is 18.2 Å². The number of halogens is 2. The molecule has 180 valence electrons. The summed E-state index contributed by atoms with van der Waals surface area (Å²) in [6.07, 6.45) is 3.36. The van der Waals surface area contributed by atoms with Crippen LogP contribution < -0.4 is 23.7 Å². The topological polar surface area (TPSA) is 76.1 Å². The summed E-state index contributed by atoms with van der Waals surface area (Å²) in [5, 5.41) is 0.628. The minimum Gasteiger partial charge on any atom is -0.493 e. The van der Waals surface area contributed by atoms with Crippen molar-refractivity contribution in [1.29, 1.82) is 0 Å². The molecule has 34 heavy (non-hydrogen) atoms. The lowest BCUT2D eigenvalue weighted by Crippen LogP contribution is -2.11. The molecular formula is C25H25Cl2NO6. The van der Waals surface area contributed by atoms with Crippen molar-refractivity contribution >= 4 is 29.0 Å². The molecule has 2 aromatic carbocycles. The number of ether oxygens (including phenoxy) is 5. The molecule has 0 atom stereocenters. The second-order valence-electron chi connectivity index (χ2n) is 7.11. The van der Waals surface area contributed by atoms with Crippen LogP contribution in [0.3, 0.4) is 0 Å². The third kappa shape index (κ3) is 5.48. The number of aromatic nitrogens is 1. The molecule has 0 fully saturated rings. The maximum Gasteiger partial charge on any atom is 0.204 e. The Kier molecular flexibility index (Phi) is 8.85. The summed E-state index contributed by atoms with van der Waals surface area (Å²) < 4.78 is 27.9. The van der Waals surface area contributed by atoms with Crippen molar-refractivity contribution in [2.75, 3.05) is 35.0 Å². The van der Waals surface area contributed by atoms with E-state index in [4.69, 9.17) is 46.9 Å². The van der Waals surface area contributed by atoms with E-state index < -0.39 is 0 Å². The molecule has 0 radical (unpaired) electrons. The molecule has 0 aliphatic carbocycles. The molecule has 3 rings (SSSR count). The first-order chi connectivity index (χ1) is 16.4. The van der Waals surface area contributed by atoms with Crippen LogP contribution in [0.2, 0.25) is 10.0 Å². The van der Waals surface area contributed by atoms with Crippen molar-refractivity contribution in [3.8, 4) is 28.7 Å². The largest absolute Gasteiger partial charge is 0.493 e. The number of pyridine rings is 1. The van der Waals surface area contributed by atoms with E-state index in [0.717, 1.165) is 5.56 Å². The zero-order valence-electron chi connectivity index (χ0n) is 19.3. The average molecular weight is 506 g/mol. The molecule has 0 unspecified atom stereocenters. The van der Waals surface area contributed by atoms with Gasteiger partial charge in [-0.2, -0.15) is 0 Å². The van der Waals surface area contributed by atoms with Gasteiger partial charge in [0.1, 0.15) is 0 Å². The average Bonchev–Trinajstić information content (AvgIpc) is 2.85. The number of carbonyl (C=O) groups excluding carboxylic acids is 1. The number of ketones is 1. The lowest BCUT2D eigenvalue weighted by molar-refractivity contribution is 0.0988. The summed E-state index contributed by atoms with van der Waals surface area (Å²) in [6, 6.07) is 8.90. The third-order valence-corrected chi connectivity index (χ3v) is 5.84. The highest BCUT2D eigenvalue weighted by molar-refractivity contribution is 6.36.